The van der Waals surface area contributed by atoms with Crippen molar-refractivity contribution in [2.24, 2.45) is 0 Å². The first-order valence-corrected chi connectivity index (χ1v) is 7.67. The summed E-state index contributed by atoms with van der Waals surface area (Å²) in [6.45, 7) is 11.3. The van der Waals surface area contributed by atoms with E-state index in [1.54, 1.807) is 0 Å². The molecule has 106 valence electrons. The summed E-state index contributed by atoms with van der Waals surface area (Å²) in [6, 6.07) is 10.3. The molecule has 1 atom stereocenters. The Morgan fingerprint density at radius 2 is 2.00 bits per heavy atom. The molecule has 19 heavy (non-hydrogen) atoms. The molecule has 1 aromatic carbocycles. The molecule has 1 N–H and O–H groups in total. The molecule has 2 nitrogen and oxygen atoms in total. The van der Waals surface area contributed by atoms with Crippen LogP contribution in [-0.4, -0.2) is 25.2 Å². The monoisotopic (exact) mass is 260 g/mol. The summed E-state index contributed by atoms with van der Waals surface area (Å²) in [6.07, 6.45) is 2.59. The molecular weight excluding hydrogens is 232 g/mol. The Bertz CT molecular complexity index is 398. The molecule has 1 saturated heterocycles. The van der Waals surface area contributed by atoms with Gasteiger partial charge in [0, 0.05) is 30.9 Å². The Hall–Kier alpha value is -1.02. The van der Waals surface area contributed by atoms with E-state index in [-0.39, 0.29) is 0 Å². The summed E-state index contributed by atoms with van der Waals surface area (Å²) in [5, 5.41) is 3.68. The van der Waals surface area contributed by atoms with Crippen LogP contribution in [0.1, 0.15) is 52.0 Å². The number of nitrogens with one attached hydrogen (secondary N) is 1. The van der Waals surface area contributed by atoms with Gasteiger partial charge < -0.3 is 10.2 Å². The van der Waals surface area contributed by atoms with E-state index in [1.807, 2.05) is 0 Å². The van der Waals surface area contributed by atoms with Crippen molar-refractivity contribution in [2.75, 3.05) is 18.0 Å². The van der Waals surface area contributed by atoms with E-state index >= 15 is 0 Å². The maximum atomic E-state index is 3.68. The second kappa shape index (κ2) is 6.42. The fourth-order valence-corrected chi connectivity index (χ4v) is 2.90. The van der Waals surface area contributed by atoms with Gasteiger partial charge in [-0.15, -0.1) is 0 Å². The lowest BCUT2D eigenvalue weighted by Crippen LogP contribution is -2.47. The number of rotatable bonds is 4. The standard InChI is InChI=1S/C17H28N2/c1-13(2)15-7-5-9-17(11-15)19-10-6-8-16(12-19)18-14(3)4/h5,7,9,11,13-14,16,18H,6,8,10,12H2,1-4H3. The molecule has 0 bridgehead atoms. The molecule has 1 aliphatic heterocycles. The highest BCUT2D eigenvalue weighted by Crippen LogP contribution is 2.24. The predicted molar refractivity (Wildman–Crippen MR) is 84.0 cm³/mol. The molecule has 1 aromatic rings. The molecule has 1 unspecified atom stereocenters. The maximum absolute atomic E-state index is 3.68. The number of anilines is 1. The van der Waals surface area contributed by atoms with Crippen LogP contribution < -0.4 is 10.2 Å². The van der Waals surface area contributed by atoms with Crippen molar-refractivity contribution in [3.05, 3.63) is 29.8 Å². The van der Waals surface area contributed by atoms with Crippen molar-refractivity contribution >= 4 is 5.69 Å². The molecule has 2 rings (SSSR count). The number of piperidine rings is 1. The Morgan fingerprint density at radius 1 is 1.21 bits per heavy atom. The smallest absolute Gasteiger partial charge is 0.0369 e. The van der Waals surface area contributed by atoms with Gasteiger partial charge in [0.2, 0.25) is 0 Å². The Morgan fingerprint density at radius 3 is 2.68 bits per heavy atom. The maximum Gasteiger partial charge on any atom is 0.0369 e. The lowest BCUT2D eigenvalue weighted by molar-refractivity contribution is 0.394. The van der Waals surface area contributed by atoms with E-state index in [4.69, 9.17) is 0 Å². The number of nitrogens with zero attached hydrogens (tertiary/aromatic N) is 1. The van der Waals surface area contributed by atoms with Crippen LogP contribution in [0.4, 0.5) is 5.69 Å². The molecule has 0 radical (unpaired) electrons. The van der Waals surface area contributed by atoms with Crippen molar-refractivity contribution in [1.29, 1.82) is 0 Å². The van der Waals surface area contributed by atoms with E-state index in [0.29, 0.717) is 18.0 Å². The summed E-state index contributed by atoms with van der Waals surface area (Å²) in [5.41, 5.74) is 2.83. The van der Waals surface area contributed by atoms with Crippen LogP contribution in [0, 0.1) is 0 Å². The second-order valence-electron chi connectivity index (χ2n) is 6.36. The molecule has 0 spiro atoms. The summed E-state index contributed by atoms with van der Waals surface area (Å²) in [4.78, 5) is 2.54. The van der Waals surface area contributed by atoms with Gasteiger partial charge >= 0.3 is 0 Å². The normalized spacial score (nSPS) is 20.3. The fourth-order valence-electron chi connectivity index (χ4n) is 2.90. The van der Waals surface area contributed by atoms with E-state index in [2.05, 4.69) is 62.2 Å². The van der Waals surface area contributed by atoms with Crippen LogP contribution in [0.2, 0.25) is 0 Å². The largest absolute Gasteiger partial charge is 0.370 e. The van der Waals surface area contributed by atoms with Crippen LogP contribution in [0.5, 0.6) is 0 Å². The van der Waals surface area contributed by atoms with Gasteiger partial charge in [-0.25, -0.2) is 0 Å². The van der Waals surface area contributed by atoms with Crippen molar-refractivity contribution < 1.29 is 0 Å². The fraction of sp³-hybridized carbons (Fsp3) is 0.647. The Kier molecular flexibility index (Phi) is 4.87. The minimum atomic E-state index is 0.576. The van der Waals surface area contributed by atoms with Gasteiger partial charge in [-0.3, -0.25) is 0 Å². The van der Waals surface area contributed by atoms with Crippen LogP contribution in [-0.2, 0) is 0 Å². The second-order valence-corrected chi connectivity index (χ2v) is 6.36. The van der Waals surface area contributed by atoms with Crippen LogP contribution >= 0.6 is 0 Å². The molecule has 1 fully saturated rings. The SMILES string of the molecule is CC(C)NC1CCCN(c2cccc(C(C)C)c2)C1. The van der Waals surface area contributed by atoms with Crippen molar-refractivity contribution in [1.82, 2.24) is 5.32 Å². The zero-order chi connectivity index (χ0) is 13.8. The molecule has 1 aliphatic rings. The summed E-state index contributed by atoms with van der Waals surface area (Å²) in [7, 11) is 0. The van der Waals surface area contributed by atoms with E-state index in [1.165, 1.54) is 30.6 Å². The van der Waals surface area contributed by atoms with Gasteiger partial charge in [-0.05, 0) is 36.5 Å². The average molecular weight is 260 g/mol. The van der Waals surface area contributed by atoms with Crippen molar-refractivity contribution in [2.45, 2.75) is 58.5 Å². The molecule has 0 aromatic heterocycles. The highest BCUT2D eigenvalue weighted by molar-refractivity contribution is 5.49. The van der Waals surface area contributed by atoms with Crippen LogP contribution in [0.25, 0.3) is 0 Å². The highest BCUT2D eigenvalue weighted by Gasteiger charge is 2.20. The first kappa shape index (κ1) is 14.4. The number of hydrogen-bond donors (Lipinski definition) is 1. The van der Waals surface area contributed by atoms with Gasteiger partial charge in [-0.1, -0.05) is 39.8 Å². The zero-order valence-corrected chi connectivity index (χ0v) is 12.8. The Balaban J connectivity index is 2.06. The summed E-state index contributed by atoms with van der Waals surface area (Å²) >= 11 is 0. The lowest BCUT2D eigenvalue weighted by atomic mass is 10.0. The van der Waals surface area contributed by atoms with Gasteiger partial charge in [0.25, 0.3) is 0 Å². The minimum absolute atomic E-state index is 0.576. The van der Waals surface area contributed by atoms with E-state index in [9.17, 15) is 0 Å². The van der Waals surface area contributed by atoms with Crippen LogP contribution in [0.3, 0.4) is 0 Å². The van der Waals surface area contributed by atoms with Gasteiger partial charge in [0.05, 0.1) is 0 Å². The zero-order valence-electron chi connectivity index (χ0n) is 12.8. The van der Waals surface area contributed by atoms with Gasteiger partial charge in [-0.2, -0.15) is 0 Å². The molecule has 1 heterocycles. The highest BCUT2D eigenvalue weighted by atomic mass is 15.2. The lowest BCUT2D eigenvalue weighted by Gasteiger charge is -2.36. The third-order valence-electron chi connectivity index (χ3n) is 3.89. The third-order valence-corrected chi connectivity index (χ3v) is 3.89. The van der Waals surface area contributed by atoms with Crippen molar-refractivity contribution in [3.63, 3.8) is 0 Å². The number of benzene rings is 1. The van der Waals surface area contributed by atoms with Crippen LogP contribution in [0.15, 0.2) is 24.3 Å². The third kappa shape index (κ3) is 3.97. The Labute approximate surface area is 118 Å². The van der Waals surface area contributed by atoms with Gasteiger partial charge in [0.1, 0.15) is 0 Å². The first-order chi connectivity index (χ1) is 9.06. The average Bonchev–Trinajstić information content (AvgIpc) is 2.38. The van der Waals surface area contributed by atoms with Gasteiger partial charge in [0.15, 0.2) is 0 Å². The topological polar surface area (TPSA) is 15.3 Å². The quantitative estimate of drug-likeness (QED) is 0.886. The molecule has 0 aliphatic carbocycles. The van der Waals surface area contributed by atoms with E-state index < -0.39 is 0 Å². The number of hydrogen-bond acceptors (Lipinski definition) is 2. The molecular formula is C17H28N2. The van der Waals surface area contributed by atoms with Crippen molar-refractivity contribution in [3.8, 4) is 0 Å². The summed E-state index contributed by atoms with van der Waals surface area (Å²) in [5.74, 6) is 0.606. The first-order valence-electron chi connectivity index (χ1n) is 7.67. The van der Waals surface area contributed by atoms with E-state index in [0.717, 1.165) is 6.54 Å². The molecule has 2 heteroatoms. The summed E-state index contributed by atoms with van der Waals surface area (Å²) < 4.78 is 0. The predicted octanol–water partition coefficient (Wildman–Crippen LogP) is 3.78. The molecule has 0 saturated carbocycles. The minimum Gasteiger partial charge on any atom is -0.370 e. The molecule has 0 amide bonds.